The molecule has 6 heteroatoms. The largest absolute Gasteiger partial charge is 0.496 e. The van der Waals surface area contributed by atoms with Crippen LogP contribution in [0.15, 0.2) is 34.1 Å². The Labute approximate surface area is 137 Å². The van der Waals surface area contributed by atoms with E-state index in [1.54, 1.807) is 18.4 Å². The molecule has 2 rings (SSSR count). The second kappa shape index (κ2) is 7.06. The molecule has 0 fully saturated rings. The summed E-state index contributed by atoms with van der Waals surface area (Å²) >= 11 is 5.22. The van der Waals surface area contributed by atoms with Gasteiger partial charge in [-0.1, -0.05) is 6.07 Å². The van der Waals surface area contributed by atoms with E-state index in [0.29, 0.717) is 11.3 Å². The van der Waals surface area contributed by atoms with Crippen LogP contribution in [0.25, 0.3) is 0 Å². The van der Waals surface area contributed by atoms with E-state index < -0.39 is 0 Å². The smallest absolute Gasteiger partial charge is 0.130 e. The number of nitrogens with one attached hydrogen (secondary N) is 1. The minimum absolute atomic E-state index is 0.0233. The number of methoxy groups -OCH3 is 1. The highest BCUT2D eigenvalue weighted by atomic mass is 79.9. The van der Waals surface area contributed by atoms with Crippen molar-refractivity contribution in [2.75, 3.05) is 14.2 Å². The molecule has 1 aromatic heterocycles. The van der Waals surface area contributed by atoms with Crippen molar-refractivity contribution < 1.29 is 4.74 Å². The quantitative estimate of drug-likeness (QED) is 0.607. The summed E-state index contributed by atoms with van der Waals surface area (Å²) in [5.74, 6) is 0.669. The summed E-state index contributed by atoms with van der Waals surface area (Å²) in [6.45, 7) is 1.71. The molecule has 0 saturated heterocycles. The lowest BCUT2D eigenvalue weighted by molar-refractivity contribution is 0.321. The molecule has 0 atom stereocenters. The second-order valence-electron chi connectivity index (χ2n) is 4.85. The Balaban J connectivity index is 2.06. The van der Waals surface area contributed by atoms with Gasteiger partial charge in [-0.3, -0.25) is 10.3 Å². The van der Waals surface area contributed by atoms with Gasteiger partial charge in [0.2, 0.25) is 0 Å². The van der Waals surface area contributed by atoms with Gasteiger partial charge in [0.05, 0.1) is 12.7 Å². The molecule has 21 heavy (non-hydrogen) atoms. The number of nitrogens with zero attached hydrogens (tertiary/aromatic N) is 1. The molecular formula is C15H18BrN3OS. The lowest BCUT2D eigenvalue weighted by atomic mass is 10.1. The Morgan fingerprint density at radius 2 is 2.14 bits per heavy atom. The third-order valence-corrected chi connectivity index (χ3v) is 4.74. The highest BCUT2D eigenvalue weighted by Gasteiger charge is 2.09. The topological polar surface area (TPSA) is 62.3 Å². The van der Waals surface area contributed by atoms with Gasteiger partial charge in [0.25, 0.3) is 0 Å². The fourth-order valence-corrected chi connectivity index (χ4v) is 3.66. The van der Waals surface area contributed by atoms with Crippen molar-refractivity contribution in [3.05, 3.63) is 50.1 Å². The molecule has 112 valence electrons. The van der Waals surface area contributed by atoms with Crippen LogP contribution >= 0.6 is 27.3 Å². The molecule has 1 heterocycles. The molecule has 0 spiro atoms. The van der Waals surface area contributed by atoms with Crippen LogP contribution in [0.3, 0.4) is 0 Å². The summed E-state index contributed by atoms with van der Waals surface area (Å²) in [5, 5.41) is 9.62. The van der Waals surface area contributed by atoms with E-state index in [1.807, 2.05) is 18.2 Å². The third-order valence-electron chi connectivity index (χ3n) is 3.06. The first kappa shape index (κ1) is 16.0. The minimum Gasteiger partial charge on any atom is -0.496 e. The molecule has 0 saturated carbocycles. The van der Waals surface area contributed by atoms with Crippen LogP contribution in [0.1, 0.15) is 16.0 Å². The molecule has 0 bridgehead atoms. The highest BCUT2D eigenvalue weighted by Crippen LogP contribution is 2.23. The van der Waals surface area contributed by atoms with E-state index >= 15 is 0 Å². The van der Waals surface area contributed by atoms with Crippen LogP contribution in [0.2, 0.25) is 0 Å². The van der Waals surface area contributed by atoms with E-state index in [1.165, 1.54) is 4.88 Å². The monoisotopic (exact) mass is 367 g/mol. The van der Waals surface area contributed by atoms with Crippen molar-refractivity contribution in [1.82, 2.24) is 4.90 Å². The van der Waals surface area contributed by atoms with Gasteiger partial charge >= 0.3 is 0 Å². The van der Waals surface area contributed by atoms with Crippen LogP contribution in [0, 0.1) is 5.41 Å². The summed E-state index contributed by atoms with van der Waals surface area (Å²) in [5.41, 5.74) is 7.30. The Hall–Kier alpha value is -1.37. The molecule has 0 aliphatic heterocycles. The first-order chi connectivity index (χ1) is 9.99. The molecule has 2 aromatic rings. The van der Waals surface area contributed by atoms with Gasteiger partial charge in [-0.25, -0.2) is 0 Å². The standard InChI is InChI=1S/C15H18BrN3OS/c1-19(8-12-6-11(16)9-21-12)7-10-3-4-13(15(17)18)14(5-10)20-2/h3-6,9H,7-8H2,1-2H3,(H3,17,18). The number of hydrogen-bond acceptors (Lipinski definition) is 4. The SMILES string of the molecule is COc1cc(CN(C)Cc2cc(Br)cs2)ccc1C(=N)N. The average Bonchev–Trinajstić information content (AvgIpc) is 2.83. The molecule has 0 aliphatic carbocycles. The van der Waals surface area contributed by atoms with E-state index in [4.69, 9.17) is 15.9 Å². The van der Waals surface area contributed by atoms with Crippen molar-refractivity contribution in [2.45, 2.75) is 13.1 Å². The Kier molecular flexibility index (Phi) is 5.39. The normalized spacial score (nSPS) is 10.9. The molecule has 0 radical (unpaired) electrons. The van der Waals surface area contributed by atoms with E-state index in [2.05, 4.69) is 39.3 Å². The fraction of sp³-hybridized carbons (Fsp3) is 0.267. The summed E-state index contributed by atoms with van der Waals surface area (Å²) in [7, 11) is 3.68. The number of nitrogens with two attached hydrogens (primary N) is 1. The number of rotatable bonds is 6. The molecule has 0 unspecified atom stereocenters. The summed E-state index contributed by atoms with van der Waals surface area (Å²) < 4.78 is 6.44. The molecule has 0 aliphatic rings. The summed E-state index contributed by atoms with van der Waals surface area (Å²) in [6, 6.07) is 7.91. The number of halogens is 1. The average molecular weight is 368 g/mol. The van der Waals surface area contributed by atoms with Crippen molar-refractivity contribution in [3.8, 4) is 5.75 Å². The predicted octanol–water partition coefficient (Wildman–Crippen LogP) is 3.44. The maximum Gasteiger partial charge on any atom is 0.130 e. The molecule has 4 nitrogen and oxygen atoms in total. The number of hydrogen-bond donors (Lipinski definition) is 2. The van der Waals surface area contributed by atoms with Crippen LogP contribution < -0.4 is 10.5 Å². The van der Waals surface area contributed by atoms with E-state index in [-0.39, 0.29) is 5.84 Å². The van der Waals surface area contributed by atoms with Crippen molar-refractivity contribution >= 4 is 33.1 Å². The van der Waals surface area contributed by atoms with Gasteiger partial charge < -0.3 is 10.5 Å². The zero-order chi connectivity index (χ0) is 15.4. The van der Waals surface area contributed by atoms with Gasteiger partial charge in [-0.05, 0) is 46.7 Å². The van der Waals surface area contributed by atoms with E-state index in [9.17, 15) is 0 Å². The van der Waals surface area contributed by atoms with Gasteiger partial charge in [0.15, 0.2) is 0 Å². The summed E-state index contributed by atoms with van der Waals surface area (Å²) in [6.07, 6.45) is 0. The first-order valence-electron chi connectivity index (χ1n) is 6.42. The van der Waals surface area contributed by atoms with Crippen LogP contribution in [-0.2, 0) is 13.1 Å². The minimum atomic E-state index is 0.0233. The number of nitrogen functional groups attached to an aromatic ring is 1. The van der Waals surface area contributed by atoms with Crippen molar-refractivity contribution in [1.29, 1.82) is 5.41 Å². The van der Waals surface area contributed by atoms with Crippen LogP contribution in [0.5, 0.6) is 5.75 Å². The Bertz CT molecular complexity index is 642. The molecule has 1 aromatic carbocycles. The number of benzene rings is 1. The Morgan fingerprint density at radius 3 is 2.71 bits per heavy atom. The molecular weight excluding hydrogens is 350 g/mol. The maximum absolute atomic E-state index is 7.53. The number of amidine groups is 1. The predicted molar refractivity (Wildman–Crippen MR) is 91.2 cm³/mol. The van der Waals surface area contributed by atoms with Crippen LogP contribution in [-0.4, -0.2) is 24.9 Å². The number of ether oxygens (including phenoxy) is 1. The van der Waals surface area contributed by atoms with Gasteiger partial charge in [0.1, 0.15) is 11.6 Å². The third kappa shape index (κ3) is 4.30. The van der Waals surface area contributed by atoms with Crippen LogP contribution in [0.4, 0.5) is 0 Å². The van der Waals surface area contributed by atoms with Gasteiger partial charge in [-0.2, -0.15) is 0 Å². The van der Waals surface area contributed by atoms with Gasteiger partial charge in [0, 0.05) is 27.8 Å². The first-order valence-corrected chi connectivity index (χ1v) is 8.09. The van der Waals surface area contributed by atoms with Crippen molar-refractivity contribution in [3.63, 3.8) is 0 Å². The zero-order valence-corrected chi connectivity index (χ0v) is 14.4. The van der Waals surface area contributed by atoms with Gasteiger partial charge in [-0.15, -0.1) is 11.3 Å². The molecule has 0 amide bonds. The highest BCUT2D eigenvalue weighted by molar-refractivity contribution is 9.10. The summed E-state index contributed by atoms with van der Waals surface area (Å²) in [4.78, 5) is 3.55. The lowest BCUT2D eigenvalue weighted by Crippen LogP contribution is -2.17. The number of thiophene rings is 1. The fourth-order valence-electron chi connectivity index (χ4n) is 2.13. The Morgan fingerprint density at radius 1 is 1.38 bits per heavy atom. The van der Waals surface area contributed by atoms with E-state index in [0.717, 1.165) is 23.1 Å². The second-order valence-corrected chi connectivity index (χ2v) is 6.76. The lowest BCUT2D eigenvalue weighted by Gasteiger charge is -2.17. The maximum atomic E-state index is 7.53. The zero-order valence-electron chi connectivity index (χ0n) is 12.0. The molecule has 3 N–H and O–H groups in total. The van der Waals surface area contributed by atoms with Crippen molar-refractivity contribution in [2.24, 2.45) is 5.73 Å².